The number of benzene rings is 1. The Morgan fingerprint density at radius 2 is 1.82 bits per heavy atom. The van der Waals surface area contributed by atoms with E-state index in [9.17, 15) is 23.8 Å². The molecule has 0 aliphatic heterocycles. The van der Waals surface area contributed by atoms with Crippen molar-refractivity contribution in [1.82, 2.24) is 0 Å². The van der Waals surface area contributed by atoms with Crippen molar-refractivity contribution in [3.8, 4) is 6.07 Å². The lowest BCUT2D eigenvalue weighted by molar-refractivity contribution is -0.384. The first-order valence-electron chi connectivity index (χ1n) is 7.01. The van der Waals surface area contributed by atoms with Crippen molar-refractivity contribution >= 4 is 15.8 Å². The van der Waals surface area contributed by atoms with Gasteiger partial charge in [-0.05, 0) is 25.0 Å². The van der Waals surface area contributed by atoms with Crippen molar-refractivity contribution in [3.63, 3.8) is 0 Å². The summed E-state index contributed by atoms with van der Waals surface area (Å²) in [6.07, 6.45) is 3.54. The minimum atomic E-state index is -4.11. The summed E-state index contributed by atoms with van der Waals surface area (Å²) in [6, 6.07) is 6.34. The quantitative estimate of drug-likeness (QED) is 0.468. The van der Waals surface area contributed by atoms with E-state index in [1.165, 1.54) is 0 Å². The Labute approximate surface area is 128 Å². The molecule has 118 valence electrons. The van der Waals surface area contributed by atoms with E-state index in [0.717, 1.165) is 56.4 Å². The summed E-state index contributed by atoms with van der Waals surface area (Å²) >= 11 is 0. The first-order chi connectivity index (χ1) is 10.4. The molecule has 1 atom stereocenters. The highest BCUT2D eigenvalue weighted by atomic mass is 32.2. The number of nitro benzene ring substituents is 1. The van der Waals surface area contributed by atoms with Gasteiger partial charge in [0, 0.05) is 18.1 Å². The molecular formula is C14H16N2O5S. The van der Waals surface area contributed by atoms with Gasteiger partial charge in [0.25, 0.3) is 15.8 Å². The molecule has 1 aliphatic carbocycles. The molecule has 0 amide bonds. The number of non-ortho nitro benzene ring substituents is 1. The van der Waals surface area contributed by atoms with Crippen molar-refractivity contribution in [2.75, 3.05) is 0 Å². The third kappa shape index (κ3) is 3.81. The maximum absolute atomic E-state index is 12.2. The summed E-state index contributed by atoms with van der Waals surface area (Å²) < 4.78 is 29.4. The third-order valence-corrected chi connectivity index (χ3v) is 5.08. The van der Waals surface area contributed by atoms with E-state index >= 15 is 0 Å². The number of hydrogen-bond acceptors (Lipinski definition) is 6. The maximum atomic E-state index is 12.2. The van der Waals surface area contributed by atoms with Crippen molar-refractivity contribution in [1.29, 1.82) is 5.26 Å². The van der Waals surface area contributed by atoms with Gasteiger partial charge >= 0.3 is 0 Å². The lowest BCUT2D eigenvalue weighted by Crippen LogP contribution is -2.27. The van der Waals surface area contributed by atoms with Crippen LogP contribution in [0, 0.1) is 27.4 Å². The van der Waals surface area contributed by atoms with Gasteiger partial charge in [-0.2, -0.15) is 13.7 Å². The molecule has 0 bridgehead atoms. The van der Waals surface area contributed by atoms with Crippen LogP contribution in [0.3, 0.4) is 0 Å². The molecule has 0 saturated heterocycles. The number of nitrogens with zero attached hydrogens (tertiary/aromatic N) is 2. The highest BCUT2D eigenvalue weighted by Crippen LogP contribution is 2.30. The van der Waals surface area contributed by atoms with Gasteiger partial charge in [0.2, 0.25) is 0 Å². The van der Waals surface area contributed by atoms with Crippen LogP contribution in [0.2, 0.25) is 0 Å². The lowest BCUT2D eigenvalue weighted by Gasteiger charge is -2.25. The average Bonchev–Trinajstić information content (AvgIpc) is 2.53. The van der Waals surface area contributed by atoms with Crippen LogP contribution in [-0.4, -0.2) is 19.4 Å². The first kappa shape index (κ1) is 16.4. The van der Waals surface area contributed by atoms with Crippen LogP contribution in [0.4, 0.5) is 5.69 Å². The van der Waals surface area contributed by atoms with Gasteiger partial charge in [0.05, 0.1) is 15.9 Å². The standard InChI is InChI=1S/C14H16N2O5S/c15-10-14(11-4-2-1-3-5-11)21-22(19,20)13-8-6-12(7-9-13)16(17)18/h6-9,11,14H,1-5H2/t14-/m0/s1. The molecule has 1 fully saturated rings. The molecule has 22 heavy (non-hydrogen) atoms. The molecule has 0 N–H and O–H groups in total. The summed E-state index contributed by atoms with van der Waals surface area (Å²) in [5, 5.41) is 19.8. The SMILES string of the molecule is N#C[C@H](OS(=O)(=O)c1ccc([N+](=O)[O-])cc1)C1CCCCC1. The molecule has 7 nitrogen and oxygen atoms in total. The maximum Gasteiger partial charge on any atom is 0.298 e. The molecule has 8 heteroatoms. The second-order valence-electron chi connectivity index (χ2n) is 5.25. The largest absolute Gasteiger partial charge is 0.298 e. The van der Waals surface area contributed by atoms with Crippen LogP contribution in [-0.2, 0) is 14.3 Å². The van der Waals surface area contributed by atoms with E-state index in [1.807, 2.05) is 6.07 Å². The van der Waals surface area contributed by atoms with Crippen LogP contribution >= 0.6 is 0 Å². The highest BCUT2D eigenvalue weighted by molar-refractivity contribution is 7.86. The Bertz CT molecular complexity index is 672. The Balaban J connectivity index is 2.15. The predicted molar refractivity (Wildman–Crippen MR) is 77.3 cm³/mol. The molecule has 0 unspecified atom stereocenters. The fourth-order valence-electron chi connectivity index (χ4n) is 2.57. The fraction of sp³-hybridized carbons (Fsp3) is 0.500. The molecule has 0 spiro atoms. The zero-order valence-electron chi connectivity index (χ0n) is 11.8. The highest BCUT2D eigenvalue weighted by Gasteiger charge is 2.30. The average molecular weight is 324 g/mol. The minimum absolute atomic E-state index is 0.0911. The van der Waals surface area contributed by atoms with Crippen molar-refractivity contribution < 1.29 is 17.5 Å². The van der Waals surface area contributed by atoms with E-state index in [-0.39, 0.29) is 16.5 Å². The van der Waals surface area contributed by atoms with E-state index in [4.69, 9.17) is 4.18 Å². The van der Waals surface area contributed by atoms with Crippen LogP contribution in [0.5, 0.6) is 0 Å². The van der Waals surface area contributed by atoms with Crippen molar-refractivity contribution in [3.05, 3.63) is 34.4 Å². The van der Waals surface area contributed by atoms with Gasteiger partial charge in [-0.15, -0.1) is 0 Å². The summed E-state index contributed by atoms with van der Waals surface area (Å²) in [5.41, 5.74) is -0.205. The van der Waals surface area contributed by atoms with Gasteiger partial charge in [0.15, 0.2) is 6.10 Å². The summed E-state index contributed by atoms with van der Waals surface area (Å²) in [6.45, 7) is 0. The molecule has 1 saturated carbocycles. The Morgan fingerprint density at radius 1 is 1.23 bits per heavy atom. The molecular weight excluding hydrogens is 308 g/mol. The van der Waals surface area contributed by atoms with Crippen LogP contribution in [0.25, 0.3) is 0 Å². The van der Waals surface area contributed by atoms with Crippen LogP contribution in [0.1, 0.15) is 32.1 Å². The zero-order chi connectivity index (χ0) is 16.2. The van der Waals surface area contributed by atoms with E-state index in [1.54, 1.807) is 0 Å². The number of rotatable bonds is 5. The van der Waals surface area contributed by atoms with E-state index < -0.39 is 21.1 Å². The monoisotopic (exact) mass is 324 g/mol. The topological polar surface area (TPSA) is 110 Å². The number of nitriles is 1. The Kier molecular flexibility index (Phi) is 5.11. The van der Waals surface area contributed by atoms with E-state index in [2.05, 4.69) is 0 Å². The third-order valence-electron chi connectivity index (χ3n) is 3.77. The molecule has 0 heterocycles. The minimum Gasteiger partial charge on any atom is -0.258 e. The number of nitro groups is 1. The summed E-state index contributed by atoms with van der Waals surface area (Å²) in [7, 11) is -4.11. The summed E-state index contributed by atoms with van der Waals surface area (Å²) in [4.78, 5) is 9.77. The second kappa shape index (κ2) is 6.85. The van der Waals surface area contributed by atoms with Crippen molar-refractivity contribution in [2.45, 2.75) is 43.1 Å². The normalized spacial score (nSPS) is 17.6. The zero-order valence-corrected chi connectivity index (χ0v) is 12.7. The second-order valence-corrected chi connectivity index (χ2v) is 6.82. The molecule has 0 aromatic heterocycles. The fourth-order valence-corrected chi connectivity index (χ4v) is 3.62. The van der Waals surface area contributed by atoms with Gasteiger partial charge < -0.3 is 0 Å². The van der Waals surface area contributed by atoms with Gasteiger partial charge in [-0.25, -0.2) is 4.18 Å². The molecule has 1 aromatic carbocycles. The Hall–Kier alpha value is -1.98. The van der Waals surface area contributed by atoms with Crippen molar-refractivity contribution in [2.24, 2.45) is 5.92 Å². The van der Waals surface area contributed by atoms with Gasteiger partial charge in [0.1, 0.15) is 0 Å². The van der Waals surface area contributed by atoms with Gasteiger partial charge in [-0.3, -0.25) is 10.1 Å². The predicted octanol–water partition coefficient (Wildman–Crippen LogP) is 2.77. The number of hydrogen-bond donors (Lipinski definition) is 0. The van der Waals surface area contributed by atoms with E-state index in [0.29, 0.717) is 0 Å². The van der Waals surface area contributed by atoms with Gasteiger partial charge in [-0.1, -0.05) is 19.3 Å². The molecule has 1 aliphatic rings. The van der Waals surface area contributed by atoms with Crippen LogP contribution in [0.15, 0.2) is 29.2 Å². The molecule has 2 rings (SSSR count). The molecule has 1 aromatic rings. The molecule has 0 radical (unpaired) electrons. The Morgan fingerprint density at radius 3 is 2.32 bits per heavy atom. The summed E-state index contributed by atoms with van der Waals surface area (Å²) in [5.74, 6) is -0.0911. The smallest absolute Gasteiger partial charge is 0.258 e. The first-order valence-corrected chi connectivity index (χ1v) is 8.42. The van der Waals surface area contributed by atoms with Crippen LogP contribution < -0.4 is 0 Å². The lowest BCUT2D eigenvalue weighted by atomic mass is 9.86.